The van der Waals surface area contributed by atoms with Gasteiger partial charge in [-0.1, -0.05) is 0 Å². The molecule has 0 saturated heterocycles. The number of hydrogen-bond donors (Lipinski definition) is 0. The van der Waals surface area contributed by atoms with Gasteiger partial charge < -0.3 is 9.47 Å². The summed E-state index contributed by atoms with van der Waals surface area (Å²) in [6.07, 6.45) is 2.89. The number of halogens is 2. The molecule has 0 spiro atoms. The molecule has 0 amide bonds. The molecule has 1 saturated carbocycles. The van der Waals surface area contributed by atoms with E-state index < -0.39 is 5.60 Å². The lowest BCUT2D eigenvalue weighted by Gasteiger charge is -2.41. The van der Waals surface area contributed by atoms with Gasteiger partial charge in [-0.05, 0) is 53.4 Å². The van der Waals surface area contributed by atoms with E-state index in [2.05, 4.69) is 20.7 Å². The van der Waals surface area contributed by atoms with Crippen LogP contribution in [0.2, 0.25) is 0 Å². The van der Waals surface area contributed by atoms with Crippen molar-refractivity contribution in [3.63, 3.8) is 0 Å². The Hall–Kier alpha value is -1.10. The molecule has 3 nitrogen and oxygen atoms in total. The molecule has 98 valence electrons. The van der Waals surface area contributed by atoms with Crippen molar-refractivity contribution in [2.24, 2.45) is 0 Å². The molecule has 1 aromatic rings. The lowest BCUT2D eigenvalue weighted by Crippen LogP contribution is -2.45. The maximum atomic E-state index is 13.1. The van der Waals surface area contributed by atoms with Gasteiger partial charge >= 0.3 is 5.97 Å². The second kappa shape index (κ2) is 5.26. The Kier molecular flexibility index (Phi) is 3.90. The molecule has 0 heterocycles. The lowest BCUT2D eigenvalue weighted by atomic mass is 9.77. The van der Waals surface area contributed by atoms with Crippen molar-refractivity contribution in [2.75, 3.05) is 7.11 Å². The molecular formula is C13H14BrFO3. The minimum atomic E-state index is -0.482. The monoisotopic (exact) mass is 316 g/mol. The van der Waals surface area contributed by atoms with Crippen LogP contribution in [0, 0.1) is 5.82 Å². The van der Waals surface area contributed by atoms with E-state index in [1.807, 2.05) is 0 Å². The second-order valence-electron chi connectivity index (χ2n) is 4.47. The summed E-state index contributed by atoms with van der Waals surface area (Å²) >= 11 is 3.11. The summed E-state index contributed by atoms with van der Waals surface area (Å²) in [4.78, 5) is 11.4. The van der Waals surface area contributed by atoms with Crippen LogP contribution in [0.1, 0.15) is 25.7 Å². The first-order chi connectivity index (χ1) is 8.54. The average Bonchev–Trinajstić information content (AvgIpc) is 2.30. The molecule has 1 aliphatic rings. The summed E-state index contributed by atoms with van der Waals surface area (Å²) in [5.74, 6) is -0.0549. The summed E-state index contributed by atoms with van der Waals surface area (Å²) in [6.45, 7) is 0. The highest BCUT2D eigenvalue weighted by atomic mass is 79.9. The number of carbonyl (C=O) groups is 1. The van der Waals surface area contributed by atoms with Crippen molar-refractivity contribution in [2.45, 2.75) is 31.3 Å². The van der Waals surface area contributed by atoms with Crippen LogP contribution in [-0.4, -0.2) is 18.7 Å². The number of hydrogen-bond acceptors (Lipinski definition) is 3. The van der Waals surface area contributed by atoms with E-state index in [4.69, 9.17) is 4.74 Å². The van der Waals surface area contributed by atoms with Crippen LogP contribution in [-0.2, 0) is 9.53 Å². The molecule has 0 aromatic heterocycles. The fraction of sp³-hybridized carbons (Fsp3) is 0.462. The minimum Gasteiger partial charge on any atom is -0.487 e. The van der Waals surface area contributed by atoms with E-state index in [-0.39, 0.29) is 18.2 Å². The van der Waals surface area contributed by atoms with Gasteiger partial charge in [0.25, 0.3) is 0 Å². The SMILES string of the molecule is COC(=O)CC1(Oc2ccc(F)c(Br)c2)CCC1. The Morgan fingerprint density at radius 1 is 1.50 bits per heavy atom. The molecule has 1 fully saturated rings. The molecule has 0 radical (unpaired) electrons. The van der Waals surface area contributed by atoms with Gasteiger partial charge in [-0.25, -0.2) is 4.39 Å². The van der Waals surface area contributed by atoms with E-state index in [0.29, 0.717) is 10.2 Å². The Balaban J connectivity index is 2.10. The van der Waals surface area contributed by atoms with Crippen molar-refractivity contribution in [3.05, 3.63) is 28.5 Å². The van der Waals surface area contributed by atoms with Gasteiger partial charge in [-0.2, -0.15) is 0 Å². The Morgan fingerprint density at radius 3 is 2.72 bits per heavy atom. The lowest BCUT2D eigenvalue weighted by molar-refractivity contribution is -0.148. The number of esters is 1. The number of rotatable bonds is 4. The first-order valence-electron chi connectivity index (χ1n) is 5.75. The van der Waals surface area contributed by atoms with Crippen LogP contribution in [0.15, 0.2) is 22.7 Å². The first-order valence-corrected chi connectivity index (χ1v) is 6.55. The Bertz CT molecular complexity index is 458. The normalized spacial score (nSPS) is 16.8. The first kappa shape index (κ1) is 13.3. The molecule has 1 aliphatic carbocycles. The second-order valence-corrected chi connectivity index (χ2v) is 5.32. The summed E-state index contributed by atoms with van der Waals surface area (Å²) in [6, 6.07) is 4.48. The van der Waals surface area contributed by atoms with Crippen molar-refractivity contribution in [1.82, 2.24) is 0 Å². The topological polar surface area (TPSA) is 35.5 Å². The van der Waals surface area contributed by atoms with Gasteiger partial charge in [-0.3, -0.25) is 4.79 Å². The predicted molar refractivity (Wildman–Crippen MR) is 67.9 cm³/mol. The zero-order chi connectivity index (χ0) is 13.2. The predicted octanol–water partition coefficient (Wildman–Crippen LogP) is 3.45. The van der Waals surface area contributed by atoms with Crippen LogP contribution >= 0.6 is 15.9 Å². The van der Waals surface area contributed by atoms with Gasteiger partial charge in [-0.15, -0.1) is 0 Å². The third kappa shape index (κ3) is 2.83. The molecule has 0 bridgehead atoms. The highest BCUT2D eigenvalue weighted by Gasteiger charge is 2.41. The molecule has 5 heteroatoms. The zero-order valence-corrected chi connectivity index (χ0v) is 11.6. The highest BCUT2D eigenvalue weighted by Crippen LogP contribution is 2.40. The van der Waals surface area contributed by atoms with Crippen LogP contribution in [0.5, 0.6) is 5.75 Å². The summed E-state index contributed by atoms with van der Waals surface area (Å²) in [5.41, 5.74) is -0.482. The summed E-state index contributed by atoms with van der Waals surface area (Å²) in [5, 5.41) is 0. The molecule has 0 aliphatic heterocycles. The molecule has 0 N–H and O–H groups in total. The number of ether oxygens (including phenoxy) is 2. The van der Waals surface area contributed by atoms with Gasteiger partial charge in [0.2, 0.25) is 0 Å². The van der Waals surface area contributed by atoms with E-state index in [9.17, 15) is 9.18 Å². The Labute approximate surface area is 113 Å². The minimum absolute atomic E-state index is 0.235. The molecule has 0 atom stereocenters. The maximum absolute atomic E-state index is 13.1. The smallest absolute Gasteiger partial charge is 0.309 e. The molecule has 0 unspecified atom stereocenters. The number of carbonyl (C=O) groups excluding carboxylic acids is 1. The van der Waals surface area contributed by atoms with Crippen LogP contribution in [0.4, 0.5) is 4.39 Å². The van der Waals surface area contributed by atoms with Crippen molar-refractivity contribution in [3.8, 4) is 5.75 Å². The van der Waals surface area contributed by atoms with Gasteiger partial charge in [0.15, 0.2) is 0 Å². The van der Waals surface area contributed by atoms with Gasteiger partial charge in [0, 0.05) is 0 Å². The van der Waals surface area contributed by atoms with E-state index in [0.717, 1.165) is 19.3 Å². The summed E-state index contributed by atoms with van der Waals surface area (Å²) < 4.78 is 24.0. The van der Waals surface area contributed by atoms with E-state index in [1.165, 1.54) is 13.2 Å². The molecule has 18 heavy (non-hydrogen) atoms. The van der Waals surface area contributed by atoms with E-state index >= 15 is 0 Å². The van der Waals surface area contributed by atoms with Crippen LogP contribution < -0.4 is 4.74 Å². The standard InChI is InChI=1S/C13H14BrFO3/c1-17-12(16)8-13(5-2-6-13)18-9-3-4-11(15)10(14)7-9/h3-4,7H,2,5-6,8H2,1H3. The Morgan fingerprint density at radius 2 is 2.22 bits per heavy atom. The zero-order valence-electron chi connectivity index (χ0n) is 10.0. The largest absolute Gasteiger partial charge is 0.487 e. The highest BCUT2D eigenvalue weighted by molar-refractivity contribution is 9.10. The number of benzene rings is 1. The van der Waals surface area contributed by atoms with Crippen molar-refractivity contribution < 1.29 is 18.7 Å². The fourth-order valence-corrected chi connectivity index (χ4v) is 2.37. The van der Waals surface area contributed by atoms with Crippen molar-refractivity contribution >= 4 is 21.9 Å². The van der Waals surface area contributed by atoms with Gasteiger partial charge in [0.1, 0.15) is 17.2 Å². The fourth-order valence-electron chi connectivity index (χ4n) is 2.01. The quantitative estimate of drug-likeness (QED) is 0.798. The van der Waals surface area contributed by atoms with Gasteiger partial charge in [0.05, 0.1) is 18.0 Å². The third-order valence-electron chi connectivity index (χ3n) is 3.18. The summed E-state index contributed by atoms with van der Waals surface area (Å²) in [7, 11) is 1.36. The maximum Gasteiger partial charge on any atom is 0.309 e. The van der Waals surface area contributed by atoms with E-state index in [1.54, 1.807) is 12.1 Å². The average molecular weight is 317 g/mol. The number of methoxy groups -OCH3 is 1. The van der Waals surface area contributed by atoms with Crippen LogP contribution in [0.25, 0.3) is 0 Å². The molecule has 1 aromatic carbocycles. The van der Waals surface area contributed by atoms with Crippen molar-refractivity contribution in [1.29, 1.82) is 0 Å². The molecular weight excluding hydrogens is 303 g/mol. The third-order valence-corrected chi connectivity index (χ3v) is 3.79. The molecule has 2 rings (SSSR count). The van der Waals surface area contributed by atoms with Crippen LogP contribution in [0.3, 0.4) is 0 Å².